The predicted octanol–water partition coefficient (Wildman–Crippen LogP) is 6.47. The molecule has 0 N–H and O–H groups in total. The largest absolute Gasteiger partial charge is 0.502 e. The molecule has 0 amide bonds. The smallest absolute Gasteiger partial charge is 0.0895 e. The molecule has 0 saturated carbocycles. The van der Waals surface area contributed by atoms with Crippen molar-refractivity contribution in [2.45, 2.75) is 53.9 Å². The number of hydrogen-bond donors (Lipinski definition) is 0. The molecule has 0 aliphatic carbocycles. The van der Waals surface area contributed by atoms with E-state index in [1.54, 1.807) is 0 Å². The molecular weight excluding hydrogens is 316 g/mol. The summed E-state index contributed by atoms with van der Waals surface area (Å²) in [7, 11) is 0. The van der Waals surface area contributed by atoms with E-state index in [2.05, 4.69) is 58.7 Å². The van der Waals surface area contributed by atoms with E-state index in [9.17, 15) is 0 Å². The third-order valence-corrected chi connectivity index (χ3v) is 2.01. The van der Waals surface area contributed by atoms with Gasteiger partial charge in [0.25, 0.3) is 0 Å². The van der Waals surface area contributed by atoms with Crippen LogP contribution in [0.15, 0.2) is 51.4 Å². The summed E-state index contributed by atoms with van der Waals surface area (Å²) < 4.78 is 19.0. The maximum absolute atomic E-state index is 4.86. The highest BCUT2D eigenvalue weighted by atomic mass is 16.5. The van der Waals surface area contributed by atoms with Crippen LogP contribution in [-0.4, -0.2) is 26.4 Å². The minimum absolute atomic E-state index is 0.609. The van der Waals surface area contributed by atoms with Gasteiger partial charge in [-0.2, -0.15) is 0 Å². The molecule has 0 aliphatic rings. The van der Waals surface area contributed by atoms with Crippen molar-refractivity contribution >= 4 is 0 Å². The van der Waals surface area contributed by atoms with Crippen molar-refractivity contribution in [3.63, 3.8) is 0 Å². The summed E-state index contributed by atoms with van der Waals surface area (Å²) in [4.78, 5) is 0. The normalized spacial score (nSPS) is 7.92. The summed E-state index contributed by atoms with van der Waals surface area (Å²) in [5.41, 5.74) is 0. The zero-order valence-electron chi connectivity index (χ0n) is 17.3. The van der Waals surface area contributed by atoms with Gasteiger partial charge in [-0.05, 0) is 25.7 Å². The Hall–Kier alpha value is -1.84. The number of hydrogen-bond acceptors (Lipinski definition) is 4. The third kappa shape index (κ3) is 72.3. The van der Waals surface area contributed by atoms with Gasteiger partial charge < -0.3 is 18.9 Å². The van der Waals surface area contributed by atoms with E-state index in [-0.39, 0.29) is 0 Å². The molecule has 0 aromatic heterocycles. The van der Waals surface area contributed by atoms with Crippen LogP contribution in [0.5, 0.6) is 0 Å². The Bertz CT molecular complexity index is 250. The van der Waals surface area contributed by atoms with Crippen LogP contribution in [0.4, 0.5) is 0 Å². The molecule has 0 spiro atoms. The molecule has 0 saturated heterocycles. The molecule has 0 unspecified atom stereocenters. The lowest BCUT2D eigenvalue weighted by Gasteiger charge is -2.00. The molecule has 150 valence electrons. The number of ether oxygens (including phenoxy) is 4. The number of rotatable bonds is 12. The monoisotopic (exact) mass is 358 g/mol. The quantitative estimate of drug-likeness (QED) is 0.296. The van der Waals surface area contributed by atoms with Crippen molar-refractivity contribution in [3.05, 3.63) is 51.4 Å². The standard InChI is InChI=1S/2C6H12O.C5H10O.C4H8O/c1-4-7-5-6(2)3;1-3-5-6-7-4-2;1-3-5-6-4-2;1-3-5-4-2/h4,6H,1,5H2,2-3H3;4H,2-3,5-6H2,1H3;4H,2-3,5H2,1H3;3H,1,4H2,2H3. The Balaban J connectivity index is -0.000000119. The van der Waals surface area contributed by atoms with Gasteiger partial charge in [-0.15, -0.1) is 0 Å². The predicted molar refractivity (Wildman–Crippen MR) is 110 cm³/mol. The summed E-state index contributed by atoms with van der Waals surface area (Å²) in [6.45, 7) is 27.0. The highest BCUT2D eigenvalue weighted by molar-refractivity contribution is 4.50. The fourth-order valence-electron chi connectivity index (χ4n) is 0.891. The lowest BCUT2D eigenvalue weighted by Crippen LogP contribution is -1.95. The van der Waals surface area contributed by atoms with Gasteiger partial charge in [0.15, 0.2) is 0 Å². The summed E-state index contributed by atoms with van der Waals surface area (Å²) in [5, 5.41) is 0. The summed E-state index contributed by atoms with van der Waals surface area (Å²) >= 11 is 0. The van der Waals surface area contributed by atoms with E-state index in [0.29, 0.717) is 5.92 Å². The fraction of sp³-hybridized carbons (Fsp3) is 0.619. The average Bonchev–Trinajstić information content (AvgIpc) is 2.61. The second kappa shape index (κ2) is 38.0. The van der Waals surface area contributed by atoms with Crippen molar-refractivity contribution in [1.29, 1.82) is 0 Å². The van der Waals surface area contributed by atoms with Crippen LogP contribution in [0.3, 0.4) is 0 Å². The highest BCUT2D eigenvalue weighted by Crippen LogP contribution is 1.90. The highest BCUT2D eigenvalue weighted by Gasteiger charge is 1.87. The zero-order valence-corrected chi connectivity index (χ0v) is 17.3. The fourth-order valence-corrected chi connectivity index (χ4v) is 0.891. The van der Waals surface area contributed by atoms with Crippen LogP contribution in [0.2, 0.25) is 0 Å². The molecule has 0 aromatic rings. The Morgan fingerprint density at radius 3 is 1.36 bits per heavy atom. The molecule has 4 heteroatoms. The van der Waals surface area contributed by atoms with Crippen LogP contribution < -0.4 is 0 Å². The first kappa shape index (κ1) is 31.0. The van der Waals surface area contributed by atoms with Crippen molar-refractivity contribution < 1.29 is 18.9 Å². The minimum Gasteiger partial charge on any atom is -0.502 e. The summed E-state index contributed by atoms with van der Waals surface area (Å²) in [6, 6.07) is 0. The molecule has 25 heavy (non-hydrogen) atoms. The van der Waals surface area contributed by atoms with E-state index in [0.717, 1.165) is 39.3 Å². The Kier molecular flexibility index (Phi) is 47.1. The summed E-state index contributed by atoms with van der Waals surface area (Å²) in [6.07, 6.45) is 9.23. The van der Waals surface area contributed by atoms with Gasteiger partial charge in [0, 0.05) is 0 Å². The van der Waals surface area contributed by atoms with Gasteiger partial charge in [-0.1, -0.05) is 60.4 Å². The van der Waals surface area contributed by atoms with E-state index in [1.807, 2.05) is 6.92 Å². The van der Waals surface area contributed by atoms with E-state index in [4.69, 9.17) is 14.2 Å². The molecule has 0 aromatic carbocycles. The average molecular weight is 359 g/mol. The van der Waals surface area contributed by atoms with Gasteiger partial charge in [-0.25, -0.2) is 0 Å². The number of unbranched alkanes of at least 4 members (excludes halogenated alkanes) is 1. The van der Waals surface area contributed by atoms with E-state index < -0.39 is 0 Å². The lowest BCUT2D eigenvalue weighted by molar-refractivity contribution is 0.212. The van der Waals surface area contributed by atoms with Crippen LogP contribution >= 0.6 is 0 Å². The van der Waals surface area contributed by atoms with Crippen molar-refractivity contribution in [3.8, 4) is 0 Å². The zero-order chi connectivity index (χ0) is 20.2. The SMILES string of the molecule is C=COCC.C=COCC(C)C.C=COCCC.C=COCCCC. The third-order valence-electron chi connectivity index (χ3n) is 2.01. The first-order chi connectivity index (χ1) is 12.0. The molecule has 0 heterocycles. The van der Waals surface area contributed by atoms with Gasteiger partial charge in [-0.3, -0.25) is 0 Å². The first-order valence-corrected chi connectivity index (χ1v) is 8.91. The lowest BCUT2D eigenvalue weighted by atomic mass is 10.2. The van der Waals surface area contributed by atoms with Gasteiger partial charge in [0.05, 0.1) is 51.5 Å². The molecule has 0 atom stereocenters. The summed E-state index contributed by atoms with van der Waals surface area (Å²) in [5.74, 6) is 0.609. The van der Waals surface area contributed by atoms with E-state index >= 15 is 0 Å². The van der Waals surface area contributed by atoms with Crippen LogP contribution in [0.25, 0.3) is 0 Å². The van der Waals surface area contributed by atoms with Crippen molar-refractivity contribution in [2.24, 2.45) is 5.92 Å². The van der Waals surface area contributed by atoms with Gasteiger partial charge in [0.2, 0.25) is 0 Å². The molecule has 4 nitrogen and oxygen atoms in total. The van der Waals surface area contributed by atoms with Crippen LogP contribution in [0.1, 0.15) is 53.9 Å². The second-order valence-corrected chi connectivity index (χ2v) is 4.94. The molecule has 0 fully saturated rings. The Morgan fingerprint density at radius 2 is 1.16 bits per heavy atom. The molecule has 0 rings (SSSR count). The molecule has 0 radical (unpaired) electrons. The Labute approximate surface area is 157 Å². The molecule has 0 aliphatic heterocycles. The maximum atomic E-state index is 4.86. The van der Waals surface area contributed by atoms with Gasteiger partial charge >= 0.3 is 0 Å². The molecular formula is C21H42O4. The van der Waals surface area contributed by atoms with E-state index in [1.165, 1.54) is 31.5 Å². The van der Waals surface area contributed by atoms with Crippen LogP contribution in [0, 0.1) is 5.92 Å². The minimum atomic E-state index is 0.609. The van der Waals surface area contributed by atoms with Crippen molar-refractivity contribution in [1.82, 2.24) is 0 Å². The van der Waals surface area contributed by atoms with Gasteiger partial charge in [0.1, 0.15) is 0 Å². The maximum Gasteiger partial charge on any atom is 0.0895 e. The van der Waals surface area contributed by atoms with Crippen LogP contribution in [-0.2, 0) is 18.9 Å². The Morgan fingerprint density at radius 1 is 0.680 bits per heavy atom. The van der Waals surface area contributed by atoms with Crippen molar-refractivity contribution in [2.75, 3.05) is 26.4 Å². The topological polar surface area (TPSA) is 36.9 Å². The molecule has 0 bridgehead atoms. The first-order valence-electron chi connectivity index (χ1n) is 8.91. The second-order valence-electron chi connectivity index (χ2n) is 4.94.